The first-order valence-electron chi connectivity index (χ1n) is 8.63. The van der Waals surface area contributed by atoms with Crippen molar-refractivity contribution in [2.45, 2.75) is 19.6 Å². The number of benzene rings is 2. The summed E-state index contributed by atoms with van der Waals surface area (Å²) >= 11 is 0. The van der Waals surface area contributed by atoms with Crippen molar-refractivity contribution in [1.29, 1.82) is 0 Å². The van der Waals surface area contributed by atoms with Crippen LogP contribution in [0.25, 0.3) is 0 Å². The lowest BCUT2D eigenvalue weighted by Crippen LogP contribution is -2.26. The molecule has 0 heterocycles. The van der Waals surface area contributed by atoms with Crippen molar-refractivity contribution in [1.82, 2.24) is 4.90 Å². The van der Waals surface area contributed by atoms with E-state index in [4.69, 9.17) is 15.5 Å². The molecule has 0 aliphatic rings. The number of methoxy groups -OCH3 is 1. The molecular formula is C21H28N4O. The van der Waals surface area contributed by atoms with Gasteiger partial charge in [0.2, 0.25) is 0 Å². The van der Waals surface area contributed by atoms with Crippen molar-refractivity contribution in [2.75, 3.05) is 26.5 Å². The lowest BCUT2D eigenvalue weighted by Gasteiger charge is -2.18. The van der Waals surface area contributed by atoms with E-state index in [-0.39, 0.29) is 6.10 Å². The number of nitrogens with one attached hydrogen (secondary N) is 1. The molecule has 2 rings (SSSR count). The van der Waals surface area contributed by atoms with Crippen LogP contribution in [-0.4, -0.2) is 37.9 Å². The van der Waals surface area contributed by atoms with Crippen LogP contribution in [0.2, 0.25) is 0 Å². The first-order valence-corrected chi connectivity index (χ1v) is 8.63. The molecule has 138 valence electrons. The fourth-order valence-electron chi connectivity index (χ4n) is 2.53. The van der Waals surface area contributed by atoms with E-state index in [1.54, 1.807) is 7.11 Å². The first kappa shape index (κ1) is 19.7. The van der Waals surface area contributed by atoms with Crippen LogP contribution in [0.3, 0.4) is 0 Å². The molecule has 26 heavy (non-hydrogen) atoms. The molecule has 0 saturated carbocycles. The second-order valence-corrected chi connectivity index (χ2v) is 6.35. The van der Waals surface area contributed by atoms with Crippen molar-refractivity contribution in [3.63, 3.8) is 0 Å². The molecule has 0 amide bonds. The van der Waals surface area contributed by atoms with Crippen LogP contribution < -0.4 is 11.1 Å². The van der Waals surface area contributed by atoms with Gasteiger partial charge in [0.1, 0.15) is 0 Å². The molecular weight excluding hydrogens is 324 g/mol. The third-order valence-corrected chi connectivity index (χ3v) is 3.92. The maximum absolute atomic E-state index is 5.90. The molecule has 0 bridgehead atoms. The number of aliphatic imine (C=N–C) groups is 1. The number of anilines is 1. The Labute approximate surface area is 156 Å². The summed E-state index contributed by atoms with van der Waals surface area (Å²) in [6.07, 6.45) is 1.33. The normalized spacial score (nSPS) is 13.7. The Kier molecular flexibility index (Phi) is 7.38. The zero-order chi connectivity index (χ0) is 18.9. The molecule has 0 saturated heterocycles. The van der Waals surface area contributed by atoms with Crippen molar-refractivity contribution in [3.05, 3.63) is 72.1 Å². The topological polar surface area (TPSA) is 62.9 Å². The van der Waals surface area contributed by atoms with Crippen LogP contribution in [0.4, 0.5) is 11.4 Å². The summed E-state index contributed by atoms with van der Waals surface area (Å²) in [5.74, 6) is 0. The maximum atomic E-state index is 5.90. The molecule has 0 radical (unpaired) electrons. The van der Waals surface area contributed by atoms with Crippen LogP contribution in [0, 0.1) is 0 Å². The van der Waals surface area contributed by atoms with Crippen molar-refractivity contribution < 1.29 is 4.74 Å². The van der Waals surface area contributed by atoms with Gasteiger partial charge in [-0.15, -0.1) is 0 Å². The number of nitrogens with zero attached hydrogens (tertiary/aromatic N) is 2. The summed E-state index contributed by atoms with van der Waals surface area (Å²) in [6.45, 7) is 2.86. The van der Waals surface area contributed by atoms with Crippen molar-refractivity contribution in [3.8, 4) is 0 Å². The number of ether oxygens (including phenoxy) is 1. The van der Waals surface area contributed by atoms with E-state index in [1.807, 2.05) is 49.4 Å². The summed E-state index contributed by atoms with van der Waals surface area (Å²) < 4.78 is 5.50. The van der Waals surface area contributed by atoms with E-state index in [0.717, 1.165) is 29.3 Å². The van der Waals surface area contributed by atoms with E-state index in [1.165, 1.54) is 11.8 Å². The standard InChI is InChI=1S/C21H28N4O/c1-16(26-4)21(24-18-8-6-5-7-9-18)20(14-22)23-19-12-10-17(11-13-19)15-25(2)3/h5-14,16,23H,15,22H2,1-4H3/t16-/m0/s1. The van der Waals surface area contributed by atoms with Crippen LogP contribution in [-0.2, 0) is 11.3 Å². The Balaban J connectivity index is 2.24. The highest BCUT2D eigenvalue weighted by Crippen LogP contribution is 2.18. The highest BCUT2D eigenvalue weighted by Gasteiger charge is 2.16. The van der Waals surface area contributed by atoms with E-state index < -0.39 is 0 Å². The van der Waals surface area contributed by atoms with Gasteiger partial charge < -0.3 is 20.7 Å². The molecule has 0 spiro atoms. The van der Waals surface area contributed by atoms with E-state index in [2.05, 4.69) is 36.4 Å². The number of hydrogen-bond donors (Lipinski definition) is 2. The van der Waals surface area contributed by atoms with Gasteiger partial charge in [-0.25, -0.2) is 4.99 Å². The monoisotopic (exact) mass is 352 g/mol. The quantitative estimate of drug-likeness (QED) is 0.710. The Morgan fingerprint density at radius 1 is 1.15 bits per heavy atom. The molecule has 2 aromatic rings. The third-order valence-electron chi connectivity index (χ3n) is 3.92. The lowest BCUT2D eigenvalue weighted by atomic mass is 10.1. The second kappa shape index (κ2) is 9.75. The van der Waals surface area contributed by atoms with Gasteiger partial charge in [0.15, 0.2) is 0 Å². The zero-order valence-corrected chi connectivity index (χ0v) is 15.9. The number of hydrogen-bond acceptors (Lipinski definition) is 5. The van der Waals surface area contributed by atoms with E-state index in [0.29, 0.717) is 0 Å². The fourth-order valence-corrected chi connectivity index (χ4v) is 2.53. The summed E-state index contributed by atoms with van der Waals surface area (Å²) in [5.41, 5.74) is 10.4. The highest BCUT2D eigenvalue weighted by atomic mass is 16.5. The van der Waals surface area contributed by atoms with Gasteiger partial charge in [-0.1, -0.05) is 30.3 Å². The minimum Gasteiger partial charge on any atom is -0.403 e. The smallest absolute Gasteiger partial charge is 0.0984 e. The summed E-state index contributed by atoms with van der Waals surface area (Å²) in [7, 11) is 5.77. The van der Waals surface area contributed by atoms with Gasteiger partial charge >= 0.3 is 0 Å². The van der Waals surface area contributed by atoms with Gasteiger partial charge in [0.25, 0.3) is 0 Å². The Morgan fingerprint density at radius 2 is 1.81 bits per heavy atom. The molecule has 0 aromatic heterocycles. The molecule has 0 aliphatic carbocycles. The summed E-state index contributed by atoms with van der Waals surface area (Å²) in [6, 6.07) is 18.1. The van der Waals surface area contributed by atoms with Gasteiger partial charge in [-0.2, -0.15) is 0 Å². The minimum absolute atomic E-state index is 0.203. The van der Waals surface area contributed by atoms with E-state index >= 15 is 0 Å². The van der Waals surface area contributed by atoms with Gasteiger partial charge in [0.05, 0.1) is 23.2 Å². The van der Waals surface area contributed by atoms with Gasteiger partial charge in [-0.05, 0) is 50.8 Å². The Bertz CT molecular complexity index is 736. The largest absolute Gasteiger partial charge is 0.403 e. The highest BCUT2D eigenvalue weighted by molar-refractivity contribution is 6.06. The minimum atomic E-state index is -0.203. The molecule has 5 heteroatoms. The molecule has 0 unspecified atom stereocenters. The van der Waals surface area contributed by atoms with E-state index in [9.17, 15) is 0 Å². The zero-order valence-electron chi connectivity index (χ0n) is 15.9. The SMILES string of the molecule is CO[C@@H](C)C(=Nc1ccccc1)C(=CN)Nc1ccc(CN(C)C)cc1. The predicted octanol–water partition coefficient (Wildman–Crippen LogP) is 3.77. The second-order valence-electron chi connectivity index (χ2n) is 6.35. The average Bonchev–Trinajstić information content (AvgIpc) is 2.65. The first-order chi connectivity index (χ1) is 12.5. The van der Waals surface area contributed by atoms with Crippen molar-refractivity contribution >= 4 is 17.1 Å². The van der Waals surface area contributed by atoms with Crippen LogP contribution >= 0.6 is 0 Å². The molecule has 0 aliphatic heterocycles. The number of nitrogens with two attached hydrogens (primary N) is 1. The van der Waals surface area contributed by atoms with Gasteiger partial charge in [0, 0.05) is 25.5 Å². The molecule has 3 N–H and O–H groups in total. The fraction of sp³-hybridized carbons (Fsp3) is 0.286. The number of para-hydroxylation sites is 1. The summed E-state index contributed by atoms with van der Waals surface area (Å²) in [4.78, 5) is 6.87. The van der Waals surface area contributed by atoms with Crippen molar-refractivity contribution in [2.24, 2.45) is 10.7 Å². The molecule has 1 atom stereocenters. The lowest BCUT2D eigenvalue weighted by molar-refractivity contribution is 0.171. The third kappa shape index (κ3) is 5.72. The maximum Gasteiger partial charge on any atom is 0.0984 e. The molecule has 5 nitrogen and oxygen atoms in total. The Morgan fingerprint density at radius 3 is 2.35 bits per heavy atom. The molecule has 2 aromatic carbocycles. The van der Waals surface area contributed by atoms with Crippen LogP contribution in [0.15, 0.2) is 71.5 Å². The average molecular weight is 352 g/mol. The predicted molar refractivity (Wildman–Crippen MR) is 110 cm³/mol. The van der Waals surface area contributed by atoms with Crippen LogP contribution in [0.5, 0.6) is 0 Å². The Hall–Kier alpha value is -2.63. The summed E-state index contributed by atoms with van der Waals surface area (Å²) in [5, 5.41) is 3.36. The van der Waals surface area contributed by atoms with Gasteiger partial charge in [-0.3, -0.25) is 0 Å². The number of rotatable bonds is 8. The van der Waals surface area contributed by atoms with Crippen LogP contribution in [0.1, 0.15) is 12.5 Å². The molecule has 0 fully saturated rings.